The molecule has 0 N–H and O–H groups in total. The minimum absolute atomic E-state index is 0.600. The highest BCUT2D eigenvalue weighted by molar-refractivity contribution is 8.72. The highest BCUT2D eigenvalue weighted by Gasteiger charge is 2.17. The molecule has 0 amide bonds. The first-order chi connectivity index (χ1) is 9.16. The van der Waals surface area contributed by atoms with Crippen molar-refractivity contribution in [3.8, 4) is 0 Å². The third-order valence-corrected chi connectivity index (χ3v) is 8.00. The molecule has 1 heterocycles. The molecule has 0 unspecified atom stereocenters. The van der Waals surface area contributed by atoms with Gasteiger partial charge in [-0.25, -0.2) is 16.8 Å². The Morgan fingerprint density at radius 2 is 1.05 bits per heavy atom. The van der Waals surface area contributed by atoms with E-state index in [0.717, 1.165) is 60.9 Å². The van der Waals surface area contributed by atoms with Gasteiger partial charge in [-0.3, -0.25) is 9.80 Å². The second-order valence-electron chi connectivity index (χ2n) is 4.74. The first kappa shape index (κ1) is 18.6. The molecule has 0 atom stereocenters. The normalized spacial score (nSPS) is 19.3. The summed E-state index contributed by atoms with van der Waals surface area (Å²) in [5.41, 5.74) is 0. The topological polar surface area (TPSA) is 74.8 Å². The third-order valence-electron chi connectivity index (χ3n) is 2.87. The predicted molar refractivity (Wildman–Crippen MR) is 87.5 cm³/mol. The number of hydrogen-bond acceptors (Lipinski definition) is 8. The van der Waals surface area contributed by atoms with Crippen LogP contribution in [0.3, 0.4) is 0 Å². The summed E-state index contributed by atoms with van der Waals surface area (Å²) in [4.78, 5) is 4.50. The van der Waals surface area contributed by atoms with Gasteiger partial charge in [-0.1, -0.05) is 0 Å². The van der Waals surface area contributed by atoms with E-state index < -0.39 is 17.7 Å². The van der Waals surface area contributed by atoms with Crippen LogP contribution in [0.15, 0.2) is 0 Å². The third kappa shape index (κ3) is 9.46. The van der Waals surface area contributed by atoms with E-state index in [2.05, 4.69) is 9.80 Å². The summed E-state index contributed by atoms with van der Waals surface area (Å²) in [7, 11) is -3.90. The van der Waals surface area contributed by atoms with Gasteiger partial charge in [0.25, 0.3) is 0 Å². The fraction of sp³-hybridized carbons (Fsp3) is 1.00. The maximum Gasteiger partial charge on any atom is 0.198 e. The molecule has 10 heteroatoms. The summed E-state index contributed by atoms with van der Waals surface area (Å²) in [5.74, 6) is 1.20. The summed E-state index contributed by atoms with van der Waals surface area (Å²) in [6.45, 7) is 5.21. The van der Waals surface area contributed by atoms with Crippen molar-refractivity contribution >= 4 is 39.3 Å². The van der Waals surface area contributed by atoms with Gasteiger partial charge >= 0.3 is 0 Å². The van der Waals surface area contributed by atoms with Crippen molar-refractivity contribution in [1.29, 1.82) is 0 Å². The fourth-order valence-electron chi connectivity index (χ4n) is 1.87. The molecule has 1 aliphatic heterocycles. The van der Waals surface area contributed by atoms with Crippen molar-refractivity contribution in [2.24, 2.45) is 0 Å². The molecule has 1 fully saturated rings. The summed E-state index contributed by atoms with van der Waals surface area (Å²) in [5, 5.41) is 0. The maximum atomic E-state index is 11.0. The summed E-state index contributed by atoms with van der Waals surface area (Å²) < 4.78 is 44.0. The lowest BCUT2D eigenvalue weighted by atomic mass is 10.3. The van der Waals surface area contributed by atoms with Crippen LogP contribution in [-0.2, 0) is 17.7 Å². The molecular formula is C10H22N2O4S4. The Kier molecular flexibility index (Phi) is 7.64. The highest BCUT2D eigenvalue weighted by atomic mass is 33.1. The molecular weight excluding hydrogens is 340 g/mol. The SMILES string of the molecule is CS(=O)(=O)SCCN1CCN(CCSS(C)(=O)=O)CC1. The van der Waals surface area contributed by atoms with E-state index in [9.17, 15) is 16.8 Å². The van der Waals surface area contributed by atoms with E-state index in [-0.39, 0.29) is 0 Å². The summed E-state index contributed by atoms with van der Waals surface area (Å²) in [6, 6.07) is 0. The van der Waals surface area contributed by atoms with Crippen molar-refractivity contribution in [3.05, 3.63) is 0 Å². The quantitative estimate of drug-likeness (QED) is 0.558. The molecule has 120 valence electrons. The smallest absolute Gasteiger partial charge is 0.198 e. The lowest BCUT2D eigenvalue weighted by Gasteiger charge is -2.34. The van der Waals surface area contributed by atoms with Gasteiger partial charge in [0, 0.05) is 63.3 Å². The first-order valence-corrected chi connectivity index (χ1v) is 13.1. The van der Waals surface area contributed by atoms with Crippen molar-refractivity contribution < 1.29 is 16.8 Å². The summed E-state index contributed by atoms with van der Waals surface area (Å²) >= 11 is 0. The van der Waals surface area contributed by atoms with E-state index in [4.69, 9.17) is 0 Å². The molecule has 0 aliphatic carbocycles. The molecule has 1 aliphatic rings. The van der Waals surface area contributed by atoms with E-state index in [1.54, 1.807) is 0 Å². The van der Waals surface area contributed by atoms with Gasteiger partial charge in [-0.05, 0) is 21.6 Å². The van der Waals surface area contributed by atoms with Crippen LogP contribution in [0.25, 0.3) is 0 Å². The Bertz CT molecular complexity index is 437. The van der Waals surface area contributed by atoms with Gasteiger partial charge in [-0.2, -0.15) is 0 Å². The van der Waals surface area contributed by atoms with E-state index >= 15 is 0 Å². The van der Waals surface area contributed by atoms with E-state index in [1.807, 2.05) is 0 Å². The molecule has 0 saturated carbocycles. The average Bonchev–Trinajstić information content (AvgIpc) is 2.28. The largest absolute Gasteiger partial charge is 0.300 e. The van der Waals surface area contributed by atoms with Crippen LogP contribution < -0.4 is 0 Å². The second kappa shape index (κ2) is 8.23. The van der Waals surface area contributed by atoms with Crippen LogP contribution in [0.2, 0.25) is 0 Å². The predicted octanol–water partition coefficient (Wildman–Crippen LogP) is -0.0104. The van der Waals surface area contributed by atoms with Gasteiger partial charge < -0.3 is 0 Å². The molecule has 6 nitrogen and oxygen atoms in total. The molecule has 0 spiro atoms. The van der Waals surface area contributed by atoms with Gasteiger partial charge in [0.15, 0.2) is 17.7 Å². The highest BCUT2D eigenvalue weighted by Crippen LogP contribution is 2.12. The number of nitrogens with zero attached hydrogens (tertiary/aromatic N) is 2. The van der Waals surface area contributed by atoms with Gasteiger partial charge in [0.05, 0.1) is 0 Å². The lowest BCUT2D eigenvalue weighted by molar-refractivity contribution is 0.144. The molecule has 1 saturated heterocycles. The monoisotopic (exact) mass is 362 g/mol. The summed E-state index contributed by atoms with van der Waals surface area (Å²) in [6.07, 6.45) is 2.46. The Morgan fingerprint density at radius 1 is 0.750 bits per heavy atom. The molecule has 0 bridgehead atoms. The van der Waals surface area contributed by atoms with Crippen LogP contribution in [0.5, 0.6) is 0 Å². The molecule has 0 aromatic carbocycles. The molecule has 0 aromatic rings. The molecule has 20 heavy (non-hydrogen) atoms. The van der Waals surface area contributed by atoms with Crippen LogP contribution in [-0.4, -0.2) is 89.9 Å². The van der Waals surface area contributed by atoms with Gasteiger partial charge in [0.1, 0.15) is 0 Å². The van der Waals surface area contributed by atoms with Crippen LogP contribution in [0.1, 0.15) is 0 Å². The van der Waals surface area contributed by atoms with Crippen molar-refractivity contribution in [3.63, 3.8) is 0 Å². The second-order valence-corrected chi connectivity index (χ2v) is 13.9. The zero-order chi connectivity index (χ0) is 15.2. The Hall–Kier alpha value is 0.520. The number of hydrogen-bond donors (Lipinski definition) is 0. The number of piperazine rings is 1. The van der Waals surface area contributed by atoms with Crippen molar-refractivity contribution in [2.45, 2.75) is 0 Å². The number of rotatable bonds is 8. The molecule has 0 radical (unpaired) electrons. The van der Waals surface area contributed by atoms with Crippen molar-refractivity contribution in [1.82, 2.24) is 9.80 Å². The Labute approximate surface area is 129 Å². The average molecular weight is 363 g/mol. The zero-order valence-corrected chi connectivity index (χ0v) is 15.1. The standard InChI is InChI=1S/C10H22N2O4S4/c1-19(13,14)17-9-7-11-3-5-12(6-4-11)8-10-18-20(2,15)16/h3-10H2,1-2H3. The van der Waals surface area contributed by atoms with Crippen LogP contribution >= 0.6 is 21.6 Å². The van der Waals surface area contributed by atoms with E-state index in [1.165, 1.54) is 12.5 Å². The fourth-order valence-corrected chi connectivity index (χ4v) is 5.41. The van der Waals surface area contributed by atoms with E-state index in [0.29, 0.717) is 11.5 Å². The minimum Gasteiger partial charge on any atom is -0.300 e. The van der Waals surface area contributed by atoms with Gasteiger partial charge in [-0.15, -0.1) is 0 Å². The van der Waals surface area contributed by atoms with Gasteiger partial charge in [0.2, 0.25) is 0 Å². The minimum atomic E-state index is -2.94. The lowest BCUT2D eigenvalue weighted by Crippen LogP contribution is -2.47. The molecule has 0 aromatic heterocycles. The Balaban J connectivity index is 2.14. The molecule has 1 rings (SSSR count). The Morgan fingerprint density at radius 3 is 1.30 bits per heavy atom. The van der Waals surface area contributed by atoms with Crippen LogP contribution in [0, 0.1) is 0 Å². The van der Waals surface area contributed by atoms with Crippen LogP contribution in [0.4, 0.5) is 0 Å². The first-order valence-electron chi connectivity index (χ1n) is 6.29. The zero-order valence-electron chi connectivity index (χ0n) is 11.8. The maximum absolute atomic E-state index is 11.0. The van der Waals surface area contributed by atoms with Crippen molar-refractivity contribution in [2.75, 3.05) is 63.3 Å².